The Bertz CT molecular complexity index is 1160. The van der Waals surface area contributed by atoms with Crippen molar-refractivity contribution in [2.45, 2.75) is 45.3 Å². The molecule has 0 fully saturated rings. The molecule has 0 saturated carbocycles. The minimum Gasteiger partial charge on any atom is -0.414 e. The normalized spacial score (nSPS) is 13.4. The van der Waals surface area contributed by atoms with E-state index in [2.05, 4.69) is 76.8 Å². The SMILES string of the molecule is CC(C)(C)[SiH2]OC(C)(C)c1cccc2[nH]c(-c3n[nH]c4ncc(Br)cc34)nc12. The zero-order valence-electron chi connectivity index (χ0n) is 16.7. The first kappa shape index (κ1) is 19.3. The van der Waals surface area contributed by atoms with Crippen LogP contribution in [-0.2, 0) is 10.0 Å². The number of pyridine rings is 1. The largest absolute Gasteiger partial charge is 0.414 e. The number of fused-ring (bicyclic) bond motifs is 2. The molecule has 3 aromatic heterocycles. The van der Waals surface area contributed by atoms with Crippen LogP contribution in [0.15, 0.2) is 34.9 Å². The highest BCUT2D eigenvalue weighted by Crippen LogP contribution is 2.34. The van der Waals surface area contributed by atoms with Gasteiger partial charge in [-0.1, -0.05) is 32.9 Å². The molecule has 4 rings (SSSR count). The van der Waals surface area contributed by atoms with E-state index in [1.165, 1.54) is 0 Å². The number of benzene rings is 1. The van der Waals surface area contributed by atoms with Crippen molar-refractivity contribution in [3.05, 3.63) is 40.5 Å². The molecular weight excluding hydrogens is 434 g/mol. The Morgan fingerprint density at radius 3 is 2.68 bits per heavy atom. The molecule has 6 nitrogen and oxygen atoms in total. The predicted octanol–water partition coefficient (Wildman–Crippen LogP) is 4.82. The van der Waals surface area contributed by atoms with Crippen LogP contribution in [0, 0.1) is 0 Å². The second-order valence-electron chi connectivity index (χ2n) is 8.77. The molecule has 8 heteroatoms. The van der Waals surface area contributed by atoms with Crippen LogP contribution >= 0.6 is 15.9 Å². The van der Waals surface area contributed by atoms with Gasteiger partial charge in [0.15, 0.2) is 21.2 Å². The summed E-state index contributed by atoms with van der Waals surface area (Å²) in [5.74, 6) is 0.720. The molecule has 0 spiro atoms. The van der Waals surface area contributed by atoms with Crippen molar-refractivity contribution in [1.29, 1.82) is 0 Å². The summed E-state index contributed by atoms with van der Waals surface area (Å²) in [6.45, 7) is 11.0. The lowest BCUT2D eigenvalue weighted by Crippen LogP contribution is -2.27. The molecule has 0 radical (unpaired) electrons. The van der Waals surface area contributed by atoms with E-state index in [0.29, 0.717) is 0 Å². The first-order chi connectivity index (χ1) is 13.1. The second-order valence-corrected chi connectivity index (χ2v) is 12.4. The van der Waals surface area contributed by atoms with Crippen molar-refractivity contribution in [1.82, 2.24) is 25.1 Å². The molecule has 0 aliphatic heterocycles. The number of rotatable bonds is 4. The Kier molecular flexibility index (Phi) is 4.68. The van der Waals surface area contributed by atoms with E-state index in [-0.39, 0.29) is 5.04 Å². The summed E-state index contributed by atoms with van der Waals surface area (Å²) < 4.78 is 7.32. The number of para-hydroxylation sites is 1. The van der Waals surface area contributed by atoms with E-state index < -0.39 is 15.4 Å². The summed E-state index contributed by atoms with van der Waals surface area (Å²) >= 11 is 3.48. The molecule has 4 aromatic rings. The van der Waals surface area contributed by atoms with Gasteiger partial charge in [0.25, 0.3) is 0 Å². The first-order valence-electron chi connectivity index (χ1n) is 9.27. The fourth-order valence-corrected chi connectivity index (χ4v) is 4.44. The number of aromatic amines is 2. The number of nitrogens with one attached hydrogen (secondary N) is 2. The average molecular weight is 458 g/mol. The molecule has 0 bridgehead atoms. The third-order valence-electron chi connectivity index (χ3n) is 4.63. The van der Waals surface area contributed by atoms with Gasteiger partial charge in [0, 0.05) is 16.2 Å². The van der Waals surface area contributed by atoms with Gasteiger partial charge in [-0.15, -0.1) is 0 Å². The van der Waals surface area contributed by atoms with Crippen molar-refractivity contribution < 1.29 is 4.43 Å². The Morgan fingerprint density at radius 2 is 1.93 bits per heavy atom. The maximum atomic E-state index is 6.42. The van der Waals surface area contributed by atoms with Crippen molar-refractivity contribution in [3.63, 3.8) is 0 Å². The Morgan fingerprint density at radius 1 is 1.14 bits per heavy atom. The lowest BCUT2D eigenvalue weighted by atomic mass is 9.97. The molecule has 0 unspecified atom stereocenters. The van der Waals surface area contributed by atoms with Gasteiger partial charge in [-0.3, -0.25) is 5.10 Å². The van der Waals surface area contributed by atoms with Crippen molar-refractivity contribution in [2.75, 3.05) is 0 Å². The highest BCUT2D eigenvalue weighted by atomic mass is 79.9. The van der Waals surface area contributed by atoms with Gasteiger partial charge in [-0.2, -0.15) is 5.10 Å². The van der Waals surface area contributed by atoms with Crippen LogP contribution in [0.5, 0.6) is 0 Å². The van der Waals surface area contributed by atoms with Crippen molar-refractivity contribution in [3.8, 4) is 11.5 Å². The number of imidazole rings is 1. The molecule has 0 atom stereocenters. The highest BCUT2D eigenvalue weighted by Gasteiger charge is 2.27. The number of halogens is 1. The van der Waals surface area contributed by atoms with Gasteiger partial charge in [0.1, 0.15) is 5.69 Å². The minimum atomic E-state index is -0.701. The summed E-state index contributed by atoms with van der Waals surface area (Å²) in [5, 5.41) is 8.57. The van der Waals surface area contributed by atoms with E-state index >= 15 is 0 Å². The Labute approximate surface area is 174 Å². The van der Waals surface area contributed by atoms with Crippen LogP contribution < -0.4 is 0 Å². The van der Waals surface area contributed by atoms with Crippen LogP contribution in [0.2, 0.25) is 5.04 Å². The van der Waals surface area contributed by atoms with Gasteiger partial charge in [0.2, 0.25) is 0 Å². The summed E-state index contributed by atoms with van der Waals surface area (Å²) in [7, 11) is -0.701. The third kappa shape index (κ3) is 3.64. The van der Waals surface area contributed by atoms with Gasteiger partial charge in [-0.05, 0) is 46.9 Å². The molecule has 28 heavy (non-hydrogen) atoms. The quantitative estimate of drug-likeness (QED) is 0.430. The van der Waals surface area contributed by atoms with Crippen LogP contribution in [0.25, 0.3) is 33.6 Å². The van der Waals surface area contributed by atoms with E-state index in [4.69, 9.17) is 9.41 Å². The summed E-state index contributed by atoms with van der Waals surface area (Å²) in [6.07, 6.45) is 1.75. The third-order valence-corrected chi connectivity index (χ3v) is 6.80. The van der Waals surface area contributed by atoms with Crippen molar-refractivity contribution in [2.24, 2.45) is 0 Å². The van der Waals surface area contributed by atoms with E-state index in [0.717, 1.165) is 43.6 Å². The van der Waals surface area contributed by atoms with Crippen molar-refractivity contribution >= 4 is 47.8 Å². The van der Waals surface area contributed by atoms with Crippen LogP contribution in [0.4, 0.5) is 0 Å². The first-order valence-corrected chi connectivity index (χ1v) is 11.3. The molecule has 146 valence electrons. The molecule has 0 aliphatic rings. The number of nitrogens with zero attached hydrogens (tertiary/aromatic N) is 3. The predicted molar refractivity (Wildman–Crippen MR) is 119 cm³/mol. The van der Waals surface area contributed by atoms with Gasteiger partial charge in [-0.25, -0.2) is 9.97 Å². The maximum absolute atomic E-state index is 6.42. The topological polar surface area (TPSA) is 79.5 Å². The number of hydrogen-bond acceptors (Lipinski definition) is 4. The van der Waals surface area contributed by atoms with Crippen LogP contribution in [0.3, 0.4) is 0 Å². The maximum Gasteiger partial charge on any atom is 0.168 e. The molecule has 0 amide bonds. The second kappa shape index (κ2) is 6.79. The lowest BCUT2D eigenvalue weighted by molar-refractivity contribution is 0.111. The monoisotopic (exact) mass is 457 g/mol. The Hall–Kier alpha value is -2.03. The summed E-state index contributed by atoms with van der Waals surface area (Å²) in [5.41, 5.74) is 4.07. The molecule has 2 N–H and O–H groups in total. The van der Waals surface area contributed by atoms with E-state index in [1.54, 1.807) is 6.20 Å². The zero-order valence-corrected chi connectivity index (χ0v) is 19.7. The smallest absolute Gasteiger partial charge is 0.168 e. The summed E-state index contributed by atoms with van der Waals surface area (Å²) in [6, 6.07) is 8.18. The molecule has 0 aliphatic carbocycles. The van der Waals surface area contributed by atoms with Gasteiger partial charge < -0.3 is 9.41 Å². The summed E-state index contributed by atoms with van der Waals surface area (Å²) in [4.78, 5) is 12.7. The van der Waals surface area contributed by atoms with E-state index in [9.17, 15) is 0 Å². The fraction of sp³-hybridized carbons (Fsp3) is 0.350. The highest BCUT2D eigenvalue weighted by molar-refractivity contribution is 9.10. The number of H-pyrrole nitrogens is 2. The molecular formula is C20H24BrN5OSi. The van der Waals surface area contributed by atoms with Gasteiger partial charge in [0.05, 0.1) is 22.0 Å². The lowest BCUT2D eigenvalue weighted by Gasteiger charge is -2.30. The Balaban J connectivity index is 1.80. The molecule has 3 heterocycles. The molecule has 1 aromatic carbocycles. The average Bonchev–Trinajstić information content (AvgIpc) is 3.22. The standard InChI is InChI=1S/C20H24BrN5OSi/c1-19(2,3)28-27-20(4,5)13-7-6-8-14-16(13)24-18(23-14)15-12-9-11(21)10-22-17(12)26-25-15/h6-10H,28H2,1-5H3,(H,23,24)(H,22,25,26). The zero-order chi connectivity index (χ0) is 20.1. The van der Waals surface area contributed by atoms with Gasteiger partial charge >= 0.3 is 0 Å². The van der Waals surface area contributed by atoms with E-state index in [1.807, 2.05) is 18.2 Å². The van der Waals surface area contributed by atoms with Crippen LogP contribution in [-0.4, -0.2) is 34.9 Å². The fourth-order valence-electron chi connectivity index (χ4n) is 3.16. The van der Waals surface area contributed by atoms with Crippen LogP contribution in [0.1, 0.15) is 40.2 Å². The minimum absolute atomic E-state index is 0.232. The molecule has 0 saturated heterocycles. The number of aromatic nitrogens is 5. The number of hydrogen-bond donors (Lipinski definition) is 2.